The van der Waals surface area contributed by atoms with Gasteiger partial charge >= 0.3 is 0 Å². The molecule has 3 heteroatoms. The molecule has 1 aliphatic carbocycles. The number of anilines is 1. The Morgan fingerprint density at radius 2 is 2.11 bits per heavy atom. The highest BCUT2D eigenvalue weighted by molar-refractivity contribution is 5.92. The van der Waals surface area contributed by atoms with E-state index in [-0.39, 0.29) is 5.91 Å². The van der Waals surface area contributed by atoms with E-state index < -0.39 is 0 Å². The SMILES string of the molecule is Cc1ccccc1NC(=O)CNCCC1CCC1. The predicted molar refractivity (Wildman–Crippen MR) is 74.6 cm³/mol. The average molecular weight is 246 g/mol. The third kappa shape index (κ3) is 3.84. The first-order chi connectivity index (χ1) is 8.75. The molecule has 1 saturated carbocycles. The number of amides is 1. The second-order valence-corrected chi connectivity index (χ2v) is 5.13. The zero-order valence-electron chi connectivity index (χ0n) is 11.0. The maximum Gasteiger partial charge on any atom is 0.238 e. The van der Waals surface area contributed by atoms with Crippen LogP contribution in [0.5, 0.6) is 0 Å². The van der Waals surface area contributed by atoms with Gasteiger partial charge in [0.05, 0.1) is 6.54 Å². The minimum absolute atomic E-state index is 0.0397. The molecule has 0 aromatic heterocycles. The Kier molecular flexibility index (Phi) is 4.76. The number of benzene rings is 1. The first-order valence-electron chi connectivity index (χ1n) is 6.82. The van der Waals surface area contributed by atoms with Gasteiger partial charge in [0.1, 0.15) is 0 Å². The topological polar surface area (TPSA) is 41.1 Å². The molecule has 1 aromatic carbocycles. The first-order valence-corrected chi connectivity index (χ1v) is 6.82. The van der Waals surface area contributed by atoms with Gasteiger partial charge in [0, 0.05) is 5.69 Å². The summed E-state index contributed by atoms with van der Waals surface area (Å²) >= 11 is 0. The molecule has 1 aliphatic rings. The van der Waals surface area contributed by atoms with Crippen LogP contribution in [0.15, 0.2) is 24.3 Å². The fraction of sp³-hybridized carbons (Fsp3) is 0.533. The molecule has 1 amide bonds. The number of hydrogen-bond acceptors (Lipinski definition) is 2. The van der Waals surface area contributed by atoms with Crippen LogP contribution in [-0.4, -0.2) is 19.0 Å². The Morgan fingerprint density at radius 3 is 2.78 bits per heavy atom. The van der Waals surface area contributed by atoms with E-state index in [0.717, 1.165) is 23.7 Å². The predicted octanol–water partition coefficient (Wildman–Crippen LogP) is 2.71. The molecule has 0 aliphatic heterocycles. The Bertz CT molecular complexity index is 399. The van der Waals surface area contributed by atoms with Crippen molar-refractivity contribution in [1.82, 2.24) is 5.32 Å². The summed E-state index contributed by atoms with van der Waals surface area (Å²) < 4.78 is 0. The first kappa shape index (κ1) is 13.1. The summed E-state index contributed by atoms with van der Waals surface area (Å²) in [6.45, 7) is 3.35. The lowest BCUT2D eigenvalue weighted by molar-refractivity contribution is -0.115. The van der Waals surface area contributed by atoms with E-state index in [1.165, 1.54) is 25.7 Å². The van der Waals surface area contributed by atoms with Crippen LogP contribution < -0.4 is 10.6 Å². The summed E-state index contributed by atoms with van der Waals surface area (Å²) in [5.41, 5.74) is 2.00. The van der Waals surface area contributed by atoms with Crippen LogP contribution >= 0.6 is 0 Å². The van der Waals surface area contributed by atoms with Gasteiger partial charge in [-0.1, -0.05) is 37.5 Å². The quantitative estimate of drug-likeness (QED) is 0.758. The molecule has 0 heterocycles. The normalized spacial score (nSPS) is 15.2. The largest absolute Gasteiger partial charge is 0.325 e. The molecule has 0 saturated heterocycles. The van der Waals surface area contributed by atoms with Gasteiger partial charge in [-0.25, -0.2) is 0 Å². The van der Waals surface area contributed by atoms with Crippen LogP contribution in [0.3, 0.4) is 0 Å². The van der Waals surface area contributed by atoms with Crippen LogP contribution in [0, 0.1) is 12.8 Å². The lowest BCUT2D eigenvalue weighted by atomic mass is 9.83. The van der Waals surface area contributed by atoms with Gasteiger partial charge in [0.25, 0.3) is 0 Å². The molecule has 2 N–H and O–H groups in total. The van der Waals surface area contributed by atoms with Gasteiger partial charge in [-0.3, -0.25) is 4.79 Å². The monoisotopic (exact) mass is 246 g/mol. The third-order valence-corrected chi connectivity index (χ3v) is 3.66. The van der Waals surface area contributed by atoms with E-state index in [1.54, 1.807) is 0 Å². The molecule has 1 aromatic rings. The standard InChI is InChI=1S/C15H22N2O/c1-12-5-2-3-8-14(12)17-15(18)11-16-10-9-13-6-4-7-13/h2-3,5,8,13,16H,4,6-7,9-11H2,1H3,(H,17,18). The highest BCUT2D eigenvalue weighted by atomic mass is 16.1. The van der Waals surface area contributed by atoms with Gasteiger partial charge in [0.2, 0.25) is 5.91 Å². The molecule has 0 unspecified atom stereocenters. The van der Waals surface area contributed by atoms with Crippen molar-refractivity contribution in [3.8, 4) is 0 Å². The molecule has 1 fully saturated rings. The van der Waals surface area contributed by atoms with E-state index in [0.29, 0.717) is 6.54 Å². The zero-order valence-corrected chi connectivity index (χ0v) is 11.0. The van der Waals surface area contributed by atoms with Crippen molar-refractivity contribution in [3.05, 3.63) is 29.8 Å². The molecule has 18 heavy (non-hydrogen) atoms. The summed E-state index contributed by atoms with van der Waals surface area (Å²) in [7, 11) is 0. The highest BCUT2D eigenvalue weighted by Crippen LogP contribution is 2.28. The Hall–Kier alpha value is -1.35. The van der Waals surface area contributed by atoms with Gasteiger partial charge < -0.3 is 10.6 Å². The molecule has 98 valence electrons. The van der Waals surface area contributed by atoms with Crippen molar-refractivity contribution in [2.45, 2.75) is 32.6 Å². The summed E-state index contributed by atoms with van der Waals surface area (Å²) in [4.78, 5) is 11.7. The maximum absolute atomic E-state index is 11.7. The van der Waals surface area contributed by atoms with Crippen LogP contribution in [0.4, 0.5) is 5.69 Å². The minimum Gasteiger partial charge on any atom is -0.325 e. The summed E-state index contributed by atoms with van der Waals surface area (Å²) in [6.07, 6.45) is 5.34. The van der Waals surface area contributed by atoms with E-state index in [9.17, 15) is 4.79 Å². The fourth-order valence-electron chi connectivity index (χ4n) is 2.20. The number of carbonyl (C=O) groups excluding carboxylic acids is 1. The van der Waals surface area contributed by atoms with Crippen LogP contribution in [0.1, 0.15) is 31.2 Å². The van der Waals surface area contributed by atoms with Crippen molar-refractivity contribution >= 4 is 11.6 Å². The van der Waals surface area contributed by atoms with Crippen LogP contribution in [0.2, 0.25) is 0 Å². The number of hydrogen-bond donors (Lipinski definition) is 2. The van der Waals surface area contributed by atoms with E-state index in [1.807, 2.05) is 31.2 Å². The van der Waals surface area contributed by atoms with Crippen LogP contribution in [-0.2, 0) is 4.79 Å². The van der Waals surface area contributed by atoms with Crippen molar-refractivity contribution < 1.29 is 4.79 Å². The number of rotatable bonds is 6. The highest BCUT2D eigenvalue weighted by Gasteiger charge is 2.16. The average Bonchev–Trinajstić information content (AvgIpc) is 2.29. The van der Waals surface area contributed by atoms with Crippen molar-refractivity contribution in [3.63, 3.8) is 0 Å². The van der Waals surface area contributed by atoms with Crippen molar-refractivity contribution in [2.75, 3.05) is 18.4 Å². The molecule has 0 bridgehead atoms. The fourth-order valence-corrected chi connectivity index (χ4v) is 2.20. The molecule has 2 rings (SSSR count). The number of para-hydroxylation sites is 1. The molecule has 0 radical (unpaired) electrons. The molecule has 3 nitrogen and oxygen atoms in total. The Morgan fingerprint density at radius 1 is 1.33 bits per heavy atom. The summed E-state index contributed by atoms with van der Waals surface area (Å²) in [5.74, 6) is 0.940. The zero-order chi connectivity index (χ0) is 12.8. The summed E-state index contributed by atoms with van der Waals surface area (Å²) in [6, 6.07) is 7.84. The van der Waals surface area contributed by atoms with Gasteiger partial charge in [-0.2, -0.15) is 0 Å². The maximum atomic E-state index is 11.7. The van der Waals surface area contributed by atoms with E-state index in [2.05, 4.69) is 10.6 Å². The van der Waals surface area contributed by atoms with Gasteiger partial charge in [-0.15, -0.1) is 0 Å². The van der Waals surface area contributed by atoms with Crippen LogP contribution in [0.25, 0.3) is 0 Å². The smallest absolute Gasteiger partial charge is 0.238 e. The molecular formula is C15H22N2O. The third-order valence-electron chi connectivity index (χ3n) is 3.66. The number of aryl methyl sites for hydroxylation is 1. The number of carbonyl (C=O) groups is 1. The number of nitrogens with one attached hydrogen (secondary N) is 2. The van der Waals surface area contributed by atoms with E-state index in [4.69, 9.17) is 0 Å². The Balaban J connectivity index is 1.64. The lowest BCUT2D eigenvalue weighted by Gasteiger charge is -2.25. The van der Waals surface area contributed by atoms with E-state index >= 15 is 0 Å². The van der Waals surface area contributed by atoms with Gasteiger partial charge in [0.15, 0.2) is 0 Å². The van der Waals surface area contributed by atoms with Gasteiger partial charge in [-0.05, 0) is 37.4 Å². The molecule has 0 spiro atoms. The van der Waals surface area contributed by atoms with Crippen molar-refractivity contribution in [2.24, 2.45) is 5.92 Å². The second-order valence-electron chi connectivity index (χ2n) is 5.13. The molecule has 0 atom stereocenters. The van der Waals surface area contributed by atoms with Crippen molar-refractivity contribution in [1.29, 1.82) is 0 Å². The minimum atomic E-state index is 0.0397. The Labute approximate surface area is 109 Å². The summed E-state index contributed by atoms with van der Waals surface area (Å²) in [5, 5.41) is 6.14. The lowest BCUT2D eigenvalue weighted by Crippen LogP contribution is -2.30. The second kappa shape index (κ2) is 6.55. The molecular weight excluding hydrogens is 224 g/mol.